The SMILES string of the molecule is Nc1ncnc2c1ncn2[C@H]1C[C@@H]2C[C@@H](CO)[C@H]1C2. The Hall–Kier alpha value is -1.69. The van der Waals surface area contributed by atoms with Crippen molar-refractivity contribution < 1.29 is 5.11 Å². The van der Waals surface area contributed by atoms with Crippen molar-refractivity contribution in [1.29, 1.82) is 0 Å². The van der Waals surface area contributed by atoms with E-state index in [0.717, 1.165) is 18.0 Å². The highest BCUT2D eigenvalue weighted by Gasteiger charge is 2.46. The molecule has 0 spiro atoms. The molecule has 3 N–H and O–H groups in total. The molecule has 0 aromatic carbocycles. The lowest BCUT2D eigenvalue weighted by Gasteiger charge is -2.29. The summed E-state index contributed by atoms with van der Waals surface area (Å²) in [5, 5.41) is 9.49. The van der Waals surface area contributed by atoms with Gasteiger partial charge in [0.2, 0.25) is 0 Å². The van der Waals surface area contributed by atoms with Gasteiger partial charge in [-0.2, -0.15) is 0 Å². The Morgan fingerprint density at radius 2 is 2.16 bits per heavy atom. The average Bonchev–Trinajstić information content (AvgIpc) is 3.11. The van der Waals surface area contributed by atoms with Gasteiger partial charge < -0.3 is 15.4 Å². The topological polar surface area (TPSA) is 89.9 Å². The lowest BCUT2D eigenvalue weighted by atomic mass is 9.85. The highest BCUT2D eigenvalue weighted by atomic mass is 16.3. The van der Waals surface area contributed by atoms with Gasteiger partial charge in [-0.3, -0.25) is 0 Å². The minimum atomic E-state index is 0.293. The van der Waals surface area contributed by atoms with E-state index in [4.69, 9.17) is 5.73 Å². The zero-order valence-corrected chi connectivity index (χ0v) is 10.6. The van der Waals surface area contributed by atoms with E-state index in [-0.39, 0.29) is 0 Å². The molecule has 2 bridgehead atoms. The summed E-state index contributed by atoms with van der Waals surface area (Å²) in [6, 6.07) is 0.398. The number of fused-ring (bicyclic) bond motifs is 3. The van der Waals surface area contributed by atoms with E-state index in [0.29, 0.717) is 35.8 Å². The Morgan fingerprint density at radius 3 is 2.95 bits per heavy atom. The summed E-state index contributed by atoms with van der Waals surface area (Å²) in [6.07, 6.45) is 6.87. The van der Waals surface area contributed by atoms with Crippen molar-refractivity contribution in [3.05, 3.63) is 12.7 Å². The molecule has 2 saturated carbocycles. The summed E-state index contributed by atoms with van der Waals surface area (Å²) < 4.78 is 2.14. The van der Waals surface area contributed by atoms with Gasteiger partial charge in [-0.25, -0.2) is 15.0 Å². The third kappa shape index (κ3) is 1.49. The van der Waals surface area contributed by atoms with Crippen LogP contribution < -0.4 is 5.73 Å². The van der Waals surface area contributed by atoms with Crippen LogP contribution in [0.1, 0.15) is 25.3 Å². The molecule has 100 valence electrons. The maximum absolute atomic E-state index is 9.49. The Morgan fingerprint density at radius 1 is 1.26 bits per heavy atom. The second kappa shape index (κ2) is 3.90. The molecule has 2 fully saturated rings. The molecule has 4 rings (SSSR count). The molecule has 2 aliphatic rings. The normalized spacial score (nSPS) is 33.3. The van der Waals surface area contributed by atoms with E-state index in [1.54, 1.807) is 0 Å². The summed E-state index contributed by atoms with van der Waals surface area (Å²) in [7, 11) is 0. The largest absolute Gasteiger partial charge is 0.396 e. The Kier molecular flexibility index (Phi) is 2.29. The molecule has 0 radical (unpaired) electrons. The average molecular weight is 259 g/mol. The van der Waals surface area contributed by atoms with E-state index in [1.807, 2.05) is 6.33 Å². The van der Waals surface area contributed by atoms with Crippen LogP contribution in [-0.2, 0) is 0 Å². The zero-order valence-electron chi connectivity index (χ0n) is 10.6. The van der Waals surface area contributed by atoms with Crippen molar-refractivity contribution in [3.63, 3.8) is 0 Å². The molecule has 0 aliphatic heterocycles. The van der Waals surface area contributed by atoms with Crippen LogP contribution in [0.4, 0.5) is 5.82 Å². The first-order valence-corrected chi connectivity index (χ1v) is 6.81. The number of anilines is 1. The number of hydrogen-bond donors (Lipinski definition) is 2. The minimum Gasteiger partial charge on any atom is -0.396 e. The second-order valence-corrected chi connectivity index (χ2v) is 5.83. The fourth-order valence-corrected chi connectivity index (χ4v) is 4.10. The molecule has 2 aromatic heterocycles. The van der Waals surface area contributed by atoms with E-state index in [9.17, 15) is 5.11 Å². The second-order valence-electron chi connectivity index (χ2n) is 5.83. The Bertz CT molecular complexity index is 625. The van der Waals surface area contributed by atoms with Crippen LogP contribution in [0.3, 0.4) is 0 Å². The number of nitrogens with zero attached hydrogens (tertiary/aromatic N) is 4. The van der Waals surface area contributed by atoms with Crippen molar-refractivity contribution in [2.75, 3.05) is 12.3 Å². The third-order valence-corrected chi connectivity index (χ3v) is 4.90. The molecule has 19 heavy (non-hydrogen) atoms. The van der Waals surface area contributed by atoms with Gasteiger partial charge in [0.1, 0.15) is 11.8 Å². The summed E-state index contributed by atoms with van der Waals surface area (Å²) in [4.78, 5) is 12.7. The summed E-state index contributed by atoms with van der Waals surface area (Å²) in [5.41, 5.74) is 7.34. The van der Waals surface area contributed by atoms with Crippen molar-refractivity contribution in [2.45, 2.75) is 25.3 Å². The van der Waals surface area contributed by atoms with Crippen molar-refractivity contribution >= 4 is 17.0 Å². The highest BCUT2D eigenvalue weighted by Crippen LogP contribution is 2.54. The molecule has 4 atom stereocenters. The molecule has 6 nitrogen and oxygen atoms in total. The smallest absolute Gasteiger partial charge is 0.165 e. The number of aliphatic hydroxyl groups is 1. The minimum absolute atomic E-state index is 0.293. The quantitative estimate of drug-likeness (QED) is 0.839. The van der Waals surface area contributed by atoms with E-state index in [1.165, 1.54) is 19.2 Å². The van der Waals surface area contributed by atoms with Crippen LogP contribution in [0.5, 0.6) is 0 Å². The standard InChI is InChI=1S/C13H17N5O/c14-12-11-13(16-5-15-12)18(6-17-11)10-3-7-1-8(4-19)9(10)2-7/h5-10,19H,1-4H2,(H2,14,15,16)/t7-,8+,9-,10+/m1/s1. The van der Waals surface area contributed by atoms with Crippen LogP contribution >= 0.6 is 0 Å². The molecule has 0 unspecified atom stereocenters. The molecule has 6 heteroatoms. The summed E-state index contributed by atoms with van der Waals surface area (Å²) >= 11 is 0. The number of imidazole rings is 1. The van der Waals surface area contributed by atoms with Gasteiger partial charge in [-0.15, -0.1) is 0 Å². The van der Waals surface area contributed by atoms with Gasteiger partial charge in [-0.05, 0) is 37.0 Å². The van der Waals surface area contributed by atoms with E-state index >= 15 is 0 Å². The fourth-order valence-electron chi connectivity index (χ4n) is 4.10. The Labute approximate surface area is 110 Å². The van der Waals surface area contributed by atoms with Gasteiger partial charge in [0, 0.05) is 12.6 Å². The summed E-state index contributed by atoms with van der Waals surface area (Å²) in [5.74, 6) is 2.15. The maximum atomic E-state index is 9.49. The first-order chi connectivity index (χ1) is 9.28. The van der Waals surface area contributed by atoms with E-state index < -0.39 is 0 Å². The molecule has 2 aliphatic carbocycles. The first kappa shape index (κ1) is 11.2. The van der Waals surface area contributed by atoms with Crippen LogP contribution in [0.15, 0.2) is 12.7 Å². The molecule has 0 amide bonds. The lowest BCUT2D eigenvalue weighted by Crippen LogP contribution is -2.25. The lowest BCUT2D eigenvalue weighted by molar-refractivity contribution is 0.146. The van der Waals surface area contributed by atoms with Crippen molar-refractivity contribution in [3.8, 4) is 0 Å². The van der Waals surface area contributed by atoms with Gasteiger partial charge in [0.05, 0.1) is 6.33 Å². The van der Waals surface area contributed by atoms with Crippen LogP contribution in [0.25, 0.3) is 11.2 Å². The van der Waals surface area contributed by atoms with Crippen LogP contribution in [0, 0.1) is 17.8 Å². The number of nitrogens with two attached hydrogens (primary N) is 1. The number of nitrogen functional groups attached to an aromatic ring is 1. The van der Waals surface area contributed by atoms with Gasteiger partial charge in [0.25, 0.3) is 0 Å². The number of rotatable bonds is 2. The van der Waals surface area contributed by atoms with Gasteiger partial charge >= 0.3 is 0 Å². The molecule has 2 heterocycles. The monoisotopic (exact) mass is 259 g/mol. The molecular weight excluding hydrogens is 242 g/mol. The van der Waals surface area contributed by atoms with Crippen molar-refractivity contribution in [1.82, 2.24) is 19.5 Å². The van der Waals surface area contributed by atoms with E-state index in [2.05, 4.69) is 19.5 Å². The number of aromatic nitrogens is 4. The molecule has 2 aromatic rings. The third-order valence-electron chi connectivity index (χ3n) is 4.90. The summed E-state index contributed by atoms with van der Waals surface area (Å²) in [6.45, 7) is 0.293. The maximum Gasteiger partial charge on any atom is 0.165 e. The first-order valence-electron chi connectivity index (χ1n) is 6.81. The fraction of sp³-hybridized carbons (Fsp3) is 0.615. The molecule has 0 saturated heterocycles. The predicted octanol–water partition coefficient (Wildman–Crippen LogP) is 0.988. The van der Waals surface area contributed by atoms with Gasteiger partial charge in [0.15, 0.2) is 11.5 Å². The molecular formula is C13H17N5O. The zero-order chi connectivity index (χ0) is 13.0. The number of aliphatic hydroxyl groups excluding tert-OH is 1. The highest BCUT2D eigenvalue weighted by molar-refractivity contribution is 5.81. The van der Waals surface area contributed by atoms with Crippen LogP contribution in [-0.4, -0.2) is 31.2 Å². The van der Waals surface area contributed by atoms with Crippen molar-refractivity contribution in [2.24, 2.45) is 17.8 Å². The van der Waals surface area contributed by atoms with Gasteiger partial charge in [-0.1, -0.05) is 0 Å². The Balaban J connectivity index is 1.77. The van der Waals surface area contributed by atoms with Crippen LogP contribution in [0.2, 0.25) is 0 Å². The number of hydrogen-bond acceptors (Lipinski definition) is 5. The predicted molar refractivity (Wildman–Crippen MR) is 70.2 cm³/mol.